The molecule has 4 aromatic rings. The lowest BCUT2D eigenvalue weighted by atomic mass is 9.84. The van der Waals surface area contributed by atoms with E-state index >= 15 is 0 Å². The molecule has 0 radical (unpaired) electrons. The van der Waals surface area contributed by atoms with Crippen LogP contribution in [0.25, 0.3) is 11.6 Å². The van der Waals surface area contributed by atoms with Crippen LogP contribution in [0.2, 0.25) is 0 Å². The van der Waals surface area contributed by atoms with E-state index in [1.54, 1.807) is 6.07 Å². The zero-order chi connectivity index (χ0) is 28.9. The van der Waals surface area contributed by atoms with Crippen molar-refractivity contribution in [2.75, 3.05) is 0 Å². The quantitative estimate of drug-likeness (QED) is 0.235. The number of oxazole rings is 1. The van der Waals surface area contributed by atoms with Crippen LogP contribution >= 0.6 is 0 Å². The second kappa shape index (κ2) is 12.5. The van der Waals surface area contributed by atoms with Crippen LogP contribution in [-0.4, -0.2) is 19.7 Å². The van der Waals surface area contributed by atoms with Crippen LogP contribution in [0.15, 0.2) is 64.1 Å². The Kier molecular flexibility index (Phi) is 9.06. The molecule has 0 amide bonds. The molecule has 0 saturated heterocycles. The van der Waals surface area contributed by atoms with Gasteiger partial charge in [-0.25, -0.2) is 22.8 Å². The topological polar surface area (TPSA) is 73.8 Å². The molecule has 12 heteroatoms. The molecule has 0 unspecified atom stereocenters. The van der Waals surface area contributed by atoms with Crippen molar-refractivity contribution in [1.82, 2.24) is 19.7 Å². The smallest absolute Gasteiger partial charge is 0.418 e. The average molecular weight is 565 g/mol. The predicted octanol–water partition coefficient (Wildman–Crippen LogP) is 7.48. The lowest BCUT2D eigenvalue weighted by molar-refractivity contribution is -0.138. The molecule has 3 aromatic heterocycles. The maximum Gasteiger partial charge on any atom is 0.418 e. The number of pyridine rings is 1. The number of benzene rings is 1. The first-order valence-corrected chi connectivity index (χ1v) is 12.6. The third kappa shape index (κ3) is 7.16. The van der Waals surface area contributed by atoms with Crippen molar-refractivity contribution in [3.8, 4) is 11.6 Å². The summed E-state index contributed by atoms with van der Waals surface area (Å²) in [5.74, 6) is -0.507. The van der Waals surface area contributed by atoms with Gasteiger partial charge in [0.1, 0.15) is 23.5 Å². The summed E-state index contributed by atoms with van der Waals surface area (Å²) in [5.41, 5.74) is -1.16. The first kappa shape index (κ1) is 29.0. The number of hydrogen-bond acceptors (Lipinski definition) is 5. The average Bonchev–Trinajstić information content (AvgIpc) is 3.41. The highest BCUT2D eigenvalue weighted by Gasteiger charge is 2.34. The minimum Gasteiger partial charge on any atom is -0.443 e. The Morgan fingerprint density at radius 1 is 1.07 bits per heavy atom. The predicted molar refractivity (Wildman–Crippen MR) is 134 cm³/mol. The molecule has 6 nitrogen and oxygen atoms in total. The van der Waals surface area contributed by atoms with Gasteiger partial charge < -0.3 is 4.42 Å². The number of rotatable bonds is 5. The van der Waals surface area contributed by atoms with Crippen LogP contribution in [0.1, 0.15) is 72.5 Å². The first-order valence-electron chi connectivity index (χ1n) is 12.6. The minimum atomic E-state index is -4.66. The maximum atomic E-state index is 13.4. The van der Waals surface area contributed by atoms with Crippen molar-refractivity contribution in [3.63, 3.8) is 0 Å². The molecule has 0 atom stereocenters. The molecule has 1 aliphatic carbocycles. The zero-order valence-corrected chi connectivity index (χ0v) is 21.5. The minimum absolute atomic E-state index is 0.00145. The Hall–Kier alpha value is -3.96. The highest BCUT2D eigenvalue weighted by Crippen LogP contribution is 2.33. The summed E-state index contributed by atoms with van der Waals surface area (Å²) in [6, 6.07) is 9.98. The number of alkyl halides is 5. The van der Waals surface area contributed by atoms with Gasteiger partial charge in [0.05, 0.1) is 17.8 Å². The number of aromatic nitrogens is 4. The van der Waals surface area contributed by atoms with E-state index in [1.165, 1.54) is 24.4 Å². The second-order valence-electron chi connectivity index (χ2n) is 9.46. The number of halogens is 6. The molecular weight excluding hydrogens is 538 g/mol. The zero-order valence-electron chi connectivity index (χ0n) is 21.5. The Balaban J connectivity index is 0.000000398. The van der Waals surface area contributed by atoms with E-state index in [9.17, 15) is 31.1 Å². The first-order chi connectivity index (χ1) is 19.0. The number of aryl methyl sites for hydroxylation is 1. The van der Waals surface area contributed by atoms with E-state index in [1.807, 2.05) is 13.0 Å². The van der Waals surface area contributed by atoms with Gasteiger partial charge in [-0.1, -0.05) is 31.4 Å². The van der Waals surface area contributed by atoms with Crippen LogP contribution in [0.4, 0.5) is 26.3 Å². The highest BCUT2D eigenvalue weighted by atomic mass is 19.4. The lowest BCUT2D eigenvalue weighted by Crippen LogP contribution is -2.30. The summed E-state index contributed by atoms with van der Waals surface area (Å²) in [7, 11) is 0. The maximum absolute atomic E-state index is 13.4. The molecule has 212 valence electrons. The third-order valence-electron chi connectivity index (χ3n) is 6.49. The van der Waals surface area contributed by atoms with Crippen LogP contribution in [0.5, 0.6) is 0 Å². The molecule has 0 bridgehead atoms. The number of hydrogen-bond donors (Lipinski definition) is 0. The van der Waals surface area contributed by atoms with Crippen molar-refractivity contribution in [1.29, 1.82) is 0 Å². The SMILES string of the molecule is Cc1cccc(F)c1.O=c1c(C2CCCCC2)cc(-c2nc(C(F)F)co2)nn1Cc1ncccc1C(F)(F)F. The largest absolute Gasteiger partial charge is 0.443 e. The third-order valence-corrected chi connectivity index (χ3v) is 6.49. The van der Waals surface area contributed by atoms with Gasteiger partial charge in [-0.2, -0.15) is 18.3 Å². The summed E-state index contributed by atoms with van der Waals surface area (Å²) in [4.78, 5) is 20.7. The van der Waals surface area contributed by atoms with Gasteiger partial charge in [-0.05, 0) is 61.6 Å². The van der Waals surface area contributed by atoms with Crippen LogP contribution < -0.4 is 5.56 Å². The van der Waals surface area contributed by atoms with Crippen LogP contribution in [0, 0.1) is 12.7 Å². The van der Waals surface area contributed by atoms with Gasteiger partial charge in [-0.3, -0.25) is 9.78 Å². The van der Waals surface area contributed by atoms with Gasteiger partial charge in [0.2, 0.25) is 5.89 Å². The van der Waals surface area contributed by atoms with Crippen LogP contribution in [0.3, 0.4) is 0 Å². The Morgan fingerprint density at radius 2 is 1.82 bits per heavy atom. The highest BCUT2D eigenvalue weighted by molar-refractivity contribution is 5.48. The van der Waals surface area contributed by atoms with E-state index in [4.69, 9.17) is 4.42 Å². The fraction of sp³-hybridized carbons (Fsp3) is 0.357. The molecule has 1 aliphatic rings. The summed E-state index contributed by atoms with van der Waals surface area (Å²) < 4.78 is 84.2. The van der Waals surface area contributed by atoms with E-state index < -0.39 is 36.0 Å². The molecule has 1 saturated carbocycles. The second-order valence-corrected chi connectivity index (χ2v) is 9.46. The molecule has 1 aromatic carbocycles. The molecule has 0 spiro atoms. The van der Waals surface area contributed by atoms with E-state index in [-0.39, 0.29) is 29.0 Å². The van der Waals surface area contributed by atoms with E-state index in [0.29, 0.717) is 5.56 Å². The molecule has 0 N–H and O–H groups in total. The van der Waals surface area contributed by atoms with Crippen molar-refractivity contribution >= 4 is 0 Å². The molecule has 40 heavy (non-hydrogen) atoms. The van der Waals surface area contributed by atoms with Gasteiger partial charge in [0, 0.05) is 11.8 Å². The van der Waals surface area contributed by atoms with E-state index in [0.717, 1.165) is 60.7 Å². The van der Waals surface area contributed by atoms with Gasteiger partial charge in [0.25, 0.3) is 12.0 Å². The molecule has 5 rings (SSSR count). The van der Waals surface area contributed by atoms with Crippen molar-refractivity contribution in [2.45, 2.75) is 64.1 Å². The van der Waals surface area contributed by atoms with E-state index in [2.05, 4.69) is 15.1 Å². The van der Waals surface area contributed by atoms with Crippen molar-refractivity contribution in [3.05, 3.63) is 99.2 Å². The van der Waals surface area contributed by atoms with Gasteiger partial charge >= 0.3 is 6.18 Å². The fourth-order valence-corrected chi connectivity index (χ4v) is 4.55. The van der Waals surface area contributed by atoms with Gasteiger partial charge in [-0.15, -0.1) is 0 Å². The number of nitrogens with zero attached hydrogens (tertiary/aromatic N) is 4. The van der Waals surface area contributed by atoms with Crippen molar-refractivity contribution in [2.24, 2.45) is 0 Å². The lowest BCUT2D eigenvalue weighted by Gasteiger charge is -2.22. The summed E-state index contributed by atoms with van der Waals surface area (Å²) in [6.45, 7) is 1.33. The van der Waals surface area contributed by atoms with Crippen molar-refractivity contribution < 1.29 is 30.8 Å². The van der Waals surface area contributed by atoms with Crippen LogP contribution in [-0.2, 0) is 12.7 Å². The summed E-state index contributed by atoms with van der Waals surface area (Å²) >= 11 is 0. The normalized spacial score (nSPS) is 14.2. The molecular formula is C28H26F6N4O2. The summed E-state index contributed by atoms with van der Waals surface area (Å²) in [6.07, 6.45) is -1.20. The molecule has 0 aliphatic heterocycles. The summed E-state index contributed by atoms with van der Waals surface area (Å²) in [5, 5.41) is 4.08. The Morgan fingerprint density at radius 3 is 2.42 bits per heavy atom. The Bertz CT molecular complexity index is 1480. The van der Waals surface area contributed by atoms with Gasteiger partial charge in [0.15, 0.2) is 0 Å². The standard InChI is InChI=1S/C21H19F5N4O2.C7H7F/c22-18(23)17-11-32-19(28-17)15-9-13(12-5-2-1-3-6-12)20(31)30(29-15)10-16-14(21(24,25)26)7-4-8-27-16;1-6-3-2-4-7(8)5-6/h4,7-9,11-12,18H,1-3,5-6,10H2;2-5H,1H3. The monoisotopic (exact) mass is 564 g/mol. The fourth-order valence-electron chi connectivity index (χ4n) is 4.55. The molecule has 3 heterocycles. The molecule has 1 fully saturated rings. The Labute approximate surface area is 225 Å².